The number of esters is 1. The first-order chi connectivity index (χ1) is 7.97. The Morgan fingerprint density at radius 2 is 2.12 bits per heavy atom. The minimum Gasteiger partial charge on any atom is -0.464 e. The predicted octanol–water partition coefficient (Wildman–Crippen LogP) is 1.09. The summed E-state index contributed by atoms with van der Waals surface area (Å²) in [4.78, 5) is 11.2. The summed E-state index contributed by atoms with van der Waals surface area (Å²) in [6, 6.07) is 3.71. The van der Waals surface area contributed by atoms with E-state index in [-0.39, 0.29) is 6.61 Å². The smallest absolute Gasteiger partial charge is 0.338 e. The first-order valence-corrected chi connectivity index (χ1v) is 5.26. The van der Waals surface area contributed by atoms with Crippen molar-refractivity contribution in [1.82, 2.24) is 0 Å². The molecule has 0 saturated carbocycles. The maximum Gasteiger partial charge on any atom is 0.338 e. The lowest BCUT2D eigenvalue weighted by Gasteiger charge is -2.18. The third-order valence-corrected chi connectivity index (χ3v) is 2.38. The molecule has 0 aliphatic heterocycles. The number of ether oxygens (including phenoxy) is 1. The van der Waals surface area contributed by atoms with E-state index in [9.17, 15) is 19.4 Å². The summed E-state index contributed by atoms with van der Waals surface area (Å²) in [5, 5.41) is 19.3. The Balaban J connectivity index is 2.88. The number of carbonyl (C=O) groups is 1. The Morgan fingerprint density at radius 3 is 2.65 bits per heavy atom. The number of aliphatic hydroxyl groups is 2. The van der Waals surface area contributed by atoms with Crippen molar-refractivity contribution in [3.63, 3.8) is 0 Å². The summed E-state index contributed by atoms with van der Waals surface area (Å²) in [6.45, 7) is 3.30. The van der Waals surface area contributed by atoms with Crippen molar-refractivity contribution in [1.29, 1.82) is 0 Å². The number of hydrogen-bond acceptors (Lipinski definition) is 4. The molecule has 0 amide bonds. The van der Waals surface area contributed by atoms with Crippen molar-refractivity contribution in [3.8, 4) is 0 Å². The monoisotopic (exact) mass is 242 g/mol. The van der Waals surface area contributed by atoms with E-state index >= 15 is 0 Å². The van der Waals surface area contributed by atoms with Gasteiger partial charge >= 0.3 is 5.97 Å². The molecule has 5 heteroatoms. The van der Waals surface area contributed by atoms with Crippen LogP contribution in [0, 0.1) is 12.7 Å². The fraction of sp³-hybridized carbons (Fsp3) is 0.417. The SMILES string of the molecule is CCOC(=O)C(O)C(O)c1ccc(F)cc1C. The highest BCUT2D eigenvalue weighted by Gasteiger charge is 2.27. The molecule has 0 radical (unpaired) electrons. The van der Waals surface area contributed by atoms with Gasteiger partial charge in [-0.15, -0.1) is 0 Å². The Kier molecular flexibility index (Phi) is 4.60. The molecule has 1 aromatic carbocycles. The molecule has 2 N–H and O–H groups in total. The molecule has 0 aliphatic carbocycles. The molecule has 1 aromatic rings. The van der Waals surface area contributed by atoms with Crippen LogP contribution in [0.2, 0.25) is 0 Å². The van der Waals surface area contributed by atoms with E-state index in [4.69, 9.17) is 0 Å². The molecule has 0 spiro atoms. The molecular formula is C12H15FO4. The molecule has 0 aliphatic rings. The fourth-order valence-corrected chi connectivity index (χ4v) is 1.50. The first-order valence-electron chi connectivity index (χ1n) is 5.26. The summed E-state index contributed by atoms with van der Waals surface area (Å²) < 4.78 is 17.4. The molecule has 2 atom stereocenters. The van der Waals surface area contributed by atoms with Crippen LogP contribution in [0.15, 0.2) is 18.2 Å². The molecular weight excluding hydrogens is 227 g/mol. The summed E-state index contributed by atoms with van der Waals surface area (Å²) in [6.07, 6.45) is -3.09. The number of rotatable bonds is 4. The molecule has 0 heterocycles. The van der Waals surface area contributed by atoms with Crippen molar-refractivity contribution in [3.05, 3.63) is 35.1 Å². The number of benzene rings is 1. The van der Waals surface area contributed by atoms with Crippen molar-refractivity contribution in [2.45, 2.75) is 26.1 Å². The predicted molar refractivity (Wildman–Crippen MR) is 58.7 cm³/mol. The van der Waals surface area contributed by atoms with Gasteiger partial charge in [-0.05, 0) is 37.1 Å². The van der Waals surface area contributed by atoms with Crippen LogP contribution in [-0.2, 0) is 9.53 Å². The van der Waals surface area contributed by atoms with Crippen LogP contribution >= 0.6 is 0 Å². The third kappa shape index (κ3) is 3.25. The Labute approximate surface area is 98.7 Å². The summed E-state index contributed by atoms with van der Waals surface area (Å²) in [7, 11) is 0. The van der Waals surface area contributed by atoms with E-state index in [1.54, 1.807) is 13.8 Å². The van der Waals surface area contributed by atoms with Gasteiger partial charge < -0.3 is 14.9 Å². The van der Waals surface area contributed by atoms with Gasteiger partial charge in [0.15, 0.2) is 6.10 Å². The van der Waals surface area contributed by atoms with E-state index in [1.807, 2.05) is 0 Å². The Morgan fingerprint density at radius 1 is 1.47 bits per heavy atom. The average molecular weight is 242 g/mol. The van der Waals surface area contributed by atoms with Gasteiger partial charge in [-0.3, -0.25) is 0 Å². The van der Waals surface area contributed by atoms with Gasteiger partial charge in [0, 0.05) is 0 Å². The largest absolute Gasteiger partial charge is 0.464 e. The summed E-state index contributed by atoms with van der Waals surface area (Å²) in [5.41, 5.74) is 0.757. The number of aliphatic hydroxyl groups excluding tert-OH is 2. The number of halogens is 1. The van der Waals surface area contributed by atoms with Gasteiger partial charge in [-0.2, -0.15) is 0 Å². The quantitative estimate of drug-likeness (QED) is 0.776. The minimum absolute atomic E-state index is 0.116. The number of aryl methyl sites for hydroxylation is 1. The second-order valence-electron chi connectivity index (χ2n) is 3.64. The standard InChI is InChI=1S/C12H15FO4/c1-3-17-12(16)11(15)10(14)9-5-4-8(13)6-7(9)2/h4-6,10-11,14-15H,3H2,1-2H3. The minimum atomic E-state index is -1.67. The van der Waals surface area contributed by atoms with Gasteiger partial charge in [-0.1, -0.05) is 6.07 Å². The summed E-state index contributed by atoms with van der Waals surface area (Å²) in [5.74, 6) is -1.34. The Bertz CT molecular complexity index is 405. The van der Waals surface area contributed by atoms with E-state index < -0.39 is 24.0 Å². The van der Waals surface area contributed by atoms with Crippen LogP contribution in [0.1, 0.15) is 24.2 Å². The highest BCUT2D eigenvalue weighted by atomic mass is 19.1. The van der Waals surface area contributed by atoms with Crippen molar-refractivity contribution >= 4 is 5.97 Å². The van der Waals surface area contributed by atoms with E-state index in [2.05, 4.69) is 4.74 Å². The average Bonchev–Trinajstić information content (AvgIpc) is 2.27. The molecule has 4 nitrogen and oxygen atoms in total. The lowest BCUT2D eigenvalue weighted by atomic mass is 9.99. The first kappa shape index (κ1) is 13.6. The molecule has 17 heavy (non-hydrogen) atoms. The van der Waals surface area contributed by atoms with Gasteiger partial charge in [0.05, 0.1) is 6.61 Å². The fourth-order valence-electron chi connectivity index (χ4n) is 1.50. The Hall–Kier alpha value is -1.46. The zero-order chi connectivity index (χ0) is 13.0. The zero-order valence-electron chi connectivity index (χ0n) is 9.68. The van der Waals surface area contributed by atoms with Crippen LogP contribution in [0.4, 0.5) is 4.39 Å². The second kappa shape index (κ2) is 5.75. The highest BCUT2D eigenvalue weighted by molar-refractivity contribution is 5.75. The molecule has 1 rings (SSSR count). The maximum atomic E-state index is 12.9. The number of hydrogen-bond donors (Lipinski definition) is 2. The maximum absolute atomic E-state index is 12.9. The topological polar surface area (TPSA) is 66.8 Å². The van der Waals surface area contributed by atoms with Crippen molar-refractivity contribution in [2.24, 2.45) is 0 Å². The van der Waals surface area contributed by atoms with Gasteiger partial charge in [0.2, 0.25) is 0 Å². The van der Waals surface area contributed by atoms with E-state index in [0.717, 1.165) is 6.07 Å². The van der Waals surface area contributed by atoms with Crippen LogP contribution in [0.5, 0.6) is 0 Å². The van der Waals surface area contributed by atoms with Gasteiger partial charge in [0.1, 0.15) is 11.9 Å². The summed E-state index contributed by atoms with van der Waals surface area (Å²) >= 11 is 0. The van der Waals surface area contributed by atoms with Gasteiger partial charge in [0.25, 0.3) is 0 Å². The molecule has 0 aromatic heterocycles. The normalized spacial score (nSPS) is 14.2. The molecule has 94 valence electrons. The van der Waals surface area contributed by atoms with E-state index in [0.29, 0.717) is 11.1 Å². The van der Waals surface area contributed by atoms with Crippen LogP contribution in [-0.4, -0.2) is 28.9 Å². The van der Waals surface area contributed by atoms with Crippen LogP contribution in [0.3, 0.4) is 0 Å². The lowest BCUT2D eigenvalue weighted by Crippen LogP contribution is -2.30. The molecule has 0 bridgehead atoms. The molecule has 0 saturated heterocycles. The third-order valence-electron chi connectivity index (χ3n) is 2.38. The molecule has 0 fully saturated rings. The molecule has 2 unspecified atom stereocenters. The van der Waals surface area contributed by atoms with Crippen LogP contribution in [0.25, 0.3) is 0 Å². The second-order valence-corrected chi connectivity index (χ2v) is 3.64. The zero-order valence-corrected chi connectivity index (χ0v) is 9.68. The highest BCUT2D eigenvalue weighted by Crippen LogP contribution is 2.22. The van der Waals surface area contributed by atoms with E-state index in [1.165, 1.54) is 12.1 Å². The lowest BCUT2D eigenvalue weighted by molar-refractivity contribution is -0.159. The van der Waals surface area contributed by atoms with Crippen molar-refractivity contribution < 1.29 is 24.1 Å². The van der Waals surface area contributed by atoms with Crippen LogP contribution < -0.4 is 0 Å². The van der Waals surface area contributed by atoms with Gasteiger partial charge in [-0.25, -0.2) is 9.18 Å². The number of carbonyl (C=O) groups excluding carboxylic acids is 1. The van der Waals surface area contributed by atoms with Crippen molar-refractivity contribution in [2.75, 3.05) is 6.61 Å².